The van der Waals surface area contributed by atoms with Gasteiger partial charge in [0.15, 0.2) is 29.1 Å². The molecule has 2 aromatic carbocycles. The number of rotatable bonds is 13. The number of hydrogen-bond donors (Lipinski definition) is 3. The van der Waals surface area contributed by atoms with Crippen LogP contribution in [0, 0.1) is 11.6 Å². The Hall–Kier alpha value is -4.33. The quantitative estimate of drug-likeness (QED) is 0.207. The number of hydrogen-bond acceptors (Lipinski definition) is 8. The molecule has 3 aromatic rings. The molecule has 0 saturated heterocycles. The van der Waals surface area contributed by atoms with Gasteiger partial charge >= 0.3 is 12.7 Å². The first kappa shape index (κ1) is 29.2. The number of carbonyl (C=O) groups is 2. The van der Waals surface area contributed by atoms with Crippen molar-refractivity contribution in [3.63, 3.8) is 0 Å². The number of benzene rings is 2. The maximum atomic E-state index is 14.0. The zero-order chi connectivity index (χ0) is 28.5. The maximum Gasteiger partial charge on any atom is 0.405 e. The number of alkyl halides is 2. The standard InChI is InChI=1S/C25H26F4N4O6/c1-13(37-25(31)35)21-20(22(34)32-12-15-4-6-16(26)11-17(15)27)33-23(39-21)14-5-7-18(38-24(28)29)19(10-14)36-9-3-2-8-30/h4-7,10-11,13,24H,2-3,8-9,12,30H2,1H3,(H2,31,35)(H,32,34). The molecule has 5 N–H and O–H groups in total. The average Bonchev–Trinajstić information content (AvgIpc) is 3.32. The Kier molecular flexibility index (Phi) is 10.1. The summed E-state index contributed by atoms with van der Waals surface area (Å²) in [5.41, 5.74) is 10.4. The molecular weight excluding hydrogens is 528 g/mol. The highest BCUT2D eigenvalue weighted by atomic mass is 19.3. The molecule has 10 nitrogen and oxygen atoms in total. The number of nitrogens with zero attached hydrogens (tertiary/aromatic N) is 1. The molecule has 0 bridgehead atoms. The summed E-state index contributed by atoms with van der Waals surface area (Å²) in [6, 6.07) is 6.74. The number of nitrogens with two attached hydrogens (primary N) is 2. The fraction of sp³-hybridized carbons (Fsp3) is 0.320. The van der Waals surface area contributed by atoms with E-state index in [9.17, 15) is 27.2 Å². The van der Waals surface area contributed by atoms with E-state index in [1.165, 1.54) is 25.1 Å². The van der Waals surface area contributed by atoms with Crippen LogP contribution in [-0.4, -0.2) is 36.7 Å². The Morgan fingerprint density at radius 2 is 1.87 bits per heavy atom. The first-order valence-electron chi connectivity index (χ1n) is 11.7. The van der Waals surface area contributed by atoms with Gasteiger partial charge in [-0.05, 0) is 50.6 Å². The predicted molar refractivity (Wildman–Crippen MR) is 129 cm³/mol. The number of carbonyl (C=O) groups excluding carboxylic acids is 2. The summed E-state index contributed by atoms with van der Waals surface area (Å²) < 4.78 is 73.6. The van der Waals surface area contributed by atoms with Crippen molar-refractivity contribution in [2.75, 3.05) is 13.2 Å². The fourth-order valence-corrected chi connectivity index (χ4v) is 3.42. The Bertz CT molecular complexity index is 1300. The van der Waals surface area contributed by atoms with Crippen LogP contribution in [0.5, 0.6) is 11.5 Å². The van der Waals surface area contributed by atoms with Crippen LogP contribution in [0.2, 0.25) is 0 Å². The van der Waals surface area contributed by atoms with Gasteiger partial charge in [0.2, 0.25) is 5.89 Å². The fourth-order valence-electron chi connectivity index (χ4n) is 3.42. The number of ether oxygens (including phenoxy) is 3. The second kappa shape index (κ2) is 13.5. The molecule has 1 atom stereocenters. The Labute approximate surface area is 220 Å². The van der Waals surface area contributed by atoms with E-state index in [0.29, 0.717) is 25.5 Å². The minimum Gasteiger partial charge on any atom is -0.490 e. The summed E-state index contributed by atoms with van der Waals surface area (Å²) in [6.45, 7) is -1.47. The molecule has 0 radical (unpaired) electrons. The highest BCUT2D eigenvalue weighted by molar-refractivity contribution is 5.94. The second-order valence-corrected chi connectivity index (χ2v) is 8.11. The minimum absolute atomic E-state index is 0.00231. The van der Waals surface area contributed by atoms with Gasteiger partial charge in [-0.1, -0.05) is 6.07 Å². The molecule has 39 heavy (non-hydrogen) atoms. The van der Waals surface area contributed by atoms with Crippen molar-refractivity contribution in [3.8, 4) is 23.0 Å². The van der Waals surface area contributed by atoms with Crippen molar-refractivity contribution in [3.05, 3.63) is 65.1 Å². The third kappa shape index (κ3) is 8.07. The van der Waals surface area contributed by atoms with Gasteiger partial charge in [0.05, 0.1) is 6.61 Å². The van der Waals surface area contributed by atoms with E-state index in [2.05, 4.69) is 15.0 Å². The van der Waals surface area contributed by atoms with Gasteiger partial charge < -0.3 is 35.4 Å². The average molecular weight is 554 g/mol. The second-order valence-electron chi connectivity index (χ2n) is 8.11. The SMILES string of the molecule is CC(OC(N)=O)c1oc(-c2ccc(OC(F)F)c(OCCCCN)c2)nc1C(=O)NCc1ccc(F)cc1F. The van der Waals surface area contributed by atoms with Gasteiger partial charge in [-0.2, -0.15) is 8.78 Å². The summed E-state index contributed by atoms with van der Waals surface area (Å²) in [5, 5.41) is 2.44. The maximum absolute atomic E-state index is 14.0. The number of unbranched alkanes of at least 4 members (excludes halogenated alkanes) is 1. The van der Waals surface area contributed by atoms with Crippen molar-refractivity contribution in [1.29, 1.82) is 0 Å². The lowest BCUT2D eigenvalue weighted by Crippen LogP contribution is -2.26. The molecule has 3 rings (SSSR count). The summed E-state index contributed by atoms with van der Waals surface area (Å²) >= 11 is 0. The highest BCUT2D eigenvalue weighted by Gasteiger charge is 2.27. The van der Waals surface area contributed by atoms with Crippen LogP contribution >= 0.6 is 0 Å². The van der Waals surface area contributed by atoms with Crippen molar-refractivity contribution in [2.45, 2.75) is 39.0 Å². The molecular formula is C25H26F4N4O6. The van der Waals surface area contributed by atoms with Gasteiger partial charge in [-0.15, -0.1) is 0 Å². The number of amides is 2. The van der Waals surface area contributed by atoms with E-state index in [4.69, 9.17) is 25.4 Å². The van der Waals surface area contributed by atoms with Crippen LogP contribution in [0.15, 0.2) is 40.8 Å². The largest absolute Gasteiger partial charge is 0.490 e. The van der Waals surface area contributed by atoms with E-state index < -0.39 is 36.4 Å². The molecule has 210 valence electrons. The van der Waals surface area contributed by atoms with Gasteiger partial charge in [-0.25, -0.2) is 18.6 Å². The van der Waals surface area contributed by atoms with Crippen LogP contribution in [-0.2, 0) is 11.3 Å². The number of nitrogens with one attached hydrogen (secondary N) is 1. The number of primary amides is 1. The van der Waals surface area contributed by atoms with E-state index in [0.717, 1.165) is 12.1 Å². The molecule has 0 aliphatic rings. The monoisotopic (exact) mass is 554 g/mol. The van der Waals surface area contributed by atoms with Crippen LogP contribution in [0.3, 0.4) is 0 Å². The van der Waals surface area contributed by atoms with Crippen molar-refractivity contribution < 1.29 is 45.8 Å². The topological polar surface area (TPSA) is 152 Å². The smallest absolute Gasteiger partial charge is 0.405 e. The van der Waals surface area contributed by atoms with Gasteiger partial charge in [-0.3, -0.25) is 4.79 Å². The first-order valence-corrected chi connectivity index (χ1v) is 11.7. The van der Waals surface area contributed by atoms with Crippen LogP contribution in [0.1, 0.15) is 47.7 Å². The summed E-state index contributed by atoms with van der Waals surface area (Å²) in [4.78, 5) is 28.4. The van der Waals surface area contributed by atoms with E-state index in [1.54, 1.807) is 0 Å². The molecule has 1 heterocycles. The molecule has 0 saturated carbocycles. The number of halogens is 4. The molecule has 2 amide bonds. The molecule has 0 aliphatic carbocycles. The number of oxazole rings is 1. The highest BCUT2D eigenvalue weighted by Crippen LogP contribution is 2.35. The molecule has 14 heteroatoms. The molecule has 1 aromatic heterocycles. The van der Waals surface area contributed by atoms with Crippen LogP contribution in [0.4, 0.5) is 22.4 Å². The molecule has 1 unspecified atom stereocenters. The molecule has 0 aliphatic heterocycles. The van der Waals surface area contributed by atoms with E-state index >= 15 is 0 Å². The molecule has 0 fully saturated rings. The lowest BCUT2D eigenvalue weighted by molar-refractivity contribution is -0.0515. The Balaban J connectivity index is 1.93. The summed E-state index contributed by atoms with van der Waals surface area (Å²) in [6.07, 6.45) is -1.12. The lowest BCUT2D eigenvalue weighted by Gasteiger charge is -2.13. The lowest BCUT2D eigenvalue weighted by atomic mass is 10.2. The third-order valence-electron chi connectivity index (χ3n) is 5.25. The van der Waals surface area contributed by atoms with Crippen LogP contribution in [0.25, 0.3) is 11.5 Å². The Morgan fingerprint density at radius 1 is 1.10 bits per heavy atom. The molecule has 0 spiro atoms. The van der Waals surface area contributed by atoms with Crippen molar-refractivity contribution in [1.82, 2.24) is 10.3 Å². The zero-order valence-corrected chi connectivity index (χ0v) is 20.7. The van der Waals surface area contributed by atoms with Crippen molar-refractivity contribution in [2.24, 2.45) is 11.5 Å². The van der Waals surface area contributed by atoms with Crippen molar-refractivity contribution >= 4 is 12.0 Å². The van der Waals surface area contributed by atoms with Crippen LogP contribution < -0.4 is 26.3 Å². The van der Waals surface area contributed by atoms with E-state index in [1.807, 2.05) is 0 Å². The summed E-state index contributed by atoms with van der Waals surface area (Å²) in [5.74, 6) is -3.11. The predicted octanol–water partition coefficient (Wildman–Crippen LogP) is 4.43. The normalized spacial score (nSPS) is 11.8. The van der Waals surface area contributed by atoms with Gasteiger partial charge in [0, 0.05) is 23.7 Å². The third-order valence-corrected chi connectivity index (χ3v) is 5.25. The van der Waals surface area contributed by atoms with Gasteiger partial charge in [0.25, 0.3) is 5.91 Å². The first-order chi connectivity index (χ1) is 18.6. The van der Waals surface area contributed by atoms with Gasteiger partial charge in [0.1, 0.15) is 11.6 Å². The zero-order valence-electron chi connectivity index (χ0n) is 20.7. The number of aromatic nitrogens is 1. The van der Waals surface area contributed by atoms with E-state index in [-0.39, 0.29) is 53.1 Å². The minimum atomic E-state index is -3.11. The Morgan fingerprint density at radius 3 is 2.54 bits per heavy atom. The summed E-state index contributed by atoms with van der Waals surface area (Å²) in [7, 11) is 0.